The van der Waals surface area contributed by atoms with Crippen LogP contribution in [0.3, 0.4) is 0 Å². The van der Waals surface area contributed by atoms with Crippen LogP contribution in [0.1, 0.15) is 22.7 Å². The van der Waals surface area contributed by atoms with Crippen molar-refractivity contribution < 1.29 is 18.7 Å². The summed E-state index contributed by atoms with van der Waals surface area (Å²) in [4.78, 5) is 14.0. The summed E-state index contributed by atoms with van der Waals surface area (Å²) in [6.07, 6.45) is 0.886. The second-order valence-electron chi connectivity index (χ2n) is 4.60. The number of carbonyl (C=O) groups excluding carboxylic acids is 1. The average molecular weight is 284 g/mol. The van der Waals surface area contributed by atoms with Crippen LogP contribution in [0.15, 0.2) is 16.5 Å². The normalized spacial score (nSPS) is 11.0. The van der Waals surface area contributed by atoms with Crippen LogP contribution < -0.4 is 5.32 Å². The van der Waals surface area contributed by atoms with Gasteiger partial charge in [-0.15, -0.1) is 0 Å². The van der Waals surface area contributed by atoms with Crippen molar-refractivity contribution in [3.63, 3.8) is 0 Å². The number of ether oxygens (including phenoxy) is 2. The summed E-state index contributed by atoms with van der Waals surface area (Å²) in [5.74, 6) is 0.786. The number of amides is 1. The first kappa shape index (κ1) is 16.7. The van der Waals surface area contributed by atoms with Crippen molar-refractivity contribution >= 4 is 5.91 Å². The molecule has 0 fully saturated rings. The van der Waals surface area contributed by atoms with Crippen LogP contribution in [0.5, 0.6) is 0 Å². The lowest BCUT2D eigenvalue weighted by molar-refractivity contribution is 0.0914. The topological polar surface area (TPSA) is 63.9 Å². The van der Waals surface area contributed by atoms with E-state index in [0.29, 0.717) is 24.7 Å². The molecule has 0 bridgehead atoms. The maximum atomic E-state index is 11.8. The van der Waals surface area contributed by atoms with Crippen LogP contribution in [-0.2, 0) is 16.1 Å². The van der Waals surface area contributed by atoms with Gasteiger partial charge in [0, 0.05) is 27.3 Å². The van der Waals surface area contributed by atoms with E-state index in [1.54, 1.807) is 26.4 Å². The van der Waals surface area contributed by atoms with Gasteiger partial charge in [0.2, 0.25) is 0 Å². The highest BCUT2D eigenvalue weighted by Gasteiger charge is 2.10. The van der Waals surface area contributed by atoms with Gasteiger partial charge in [-0.25, -0.2) is 0 Å². The highest BCUT2D eigenvalue weighted by atomic mass is 16.5. The summed E-state index contributed by atoms with van der Waals surface area (Å²) >= 11 is 0. The predicted octanol–water partition coefficient (Wildman–Crippen LogP) is 1.12. The zero-order chi connectivity index (χ0) is 14.8. The van der Waals surface area contributed by atoms with Gasteiger partial charge in [-0.3, -0.25) is 4.79 Å². The van der Waals surface area contributed by atoms with Crippen molar-refractivity contribution in [2.24, 2.45) is 0 Å². The Balaban J connectivity index is 2.19. The lowest BCUT2D eigenvalue weighted by Gasteiger charge is -2.15. The van der Waals surface area contributed by atoms with Gasteiger partial charge < -0.3 is 24.1 Å². The monoisotopic (exact) mass is 284 g/mol. The number of rotatable bonds is 10. The molecule has 1 amide bonds. The minimum Gasteiger partial charge on any atom is -0.453 e. The van der Waals surface area contributed by atoms with E-state index < -0.39 is 0 Å². The van der Waals surface area contributed by atoms with E-state index in [1.807, 2.05) is 7.05 Å². The van der Waals surface area contributed by atoms with Crippen LogP contribution in [0, 0.1) is 0 Å². The van der Waals surface area contributed by atoms with Gasteiger partial charge in [0.1, 0.15) is 12.4 Å². The van der Waals surface area contributed by atoms with Crippen molar-refractivity contribution in [1.82, 2.24) is 10.2 Å². The number of likely N-dealkylation sites (N-methyl/N-ethyl adjacent to an activating group) is 1. The van der Waals surface area contributed by atoms with Gasteiger partial charge in [0.05, 0.1) is 6.61 Å². The van der Waals surface area contributed by atoms with Crippen LogP contribution in [0.25, 0.3) is 0 Å². The third-order valence-electron chi connectivity index (χ3n) is 2.85. The van der Waals surface area contributed by atoms with Crippen molar-refractivity contribution in [3.8, 4) is 0 Å². The summed E-state index contributed by atoms with van der Waals surface area (Å²) in [5, 5.41) is 2.83. The molecule has 1 heterocycles. The molecule has 0 aliphatic heterocycles. The third-order valence-corrected chi connectivity index (χ3v) is 2.85. The fourth-order valence-electron chi connectivity index (χ4n) is 1.72. The molecule has 114 valence electrons. The zero-order valence-electron chi connectivity index (χ0n) is 12.5. The number of methoxy groups -OCH3 is 2. The van der Waals surface area contributed by atoms with E-state index >= 15 is 0 Å². The van der Waals surface area contributed by atoms with Crippen LogP contribution in [-0.4, -0.2) is 58.3 Å². The lowest BCUT2D eigenvalue weighted by Crippen LogP contribution is -2.29. The zero-order valence-corrected chi connectivity index (χ0v) is 12.5. The smallest absolute Gasteiger partial charge is 0.286 e. The summed E-state index contributed by atoms with van der Waals surface area (Å²) in [6.45, 7) is 3.52. The Hall–Kier alpha value is -1.37. The molecular formula is C14H24N2O4. The molecule has 1 aromatic rings. The minimum atomic E-state index is -0.188. The Morgan fingerprint density at radius 2 is 2.10 bits per heavy atom. The van der Waals surface area contributed by atoms with E-state index in [4.69, 9.17) is 13.9 Å². The molecule has 0 saturated heterocycles. The molecular weight excluding hydrogens is 260 g/mol. The molecule has 0 saturated carbocycles. The third kappa shape index (κ3) is 6.18. The first-order chi connectivity index (χ1) is 9.67. The quantitative estimate of drug-likeness (QED) is 0.652. The molecule has 0 atom stereocenters. The summed E-state index contributed by atoms with van der Waals surface area (Å²) in [6, 6.07) is 3.41. The Bertz CT molecular complexity index is 392. The summed E-state index contributed by atoms with van der Waals surface area (Å²) in [5.41, 5.74) is 0. The molecule has 0 spiro atoms. The van der Waals surface area contributed by atoms with E-state index in [1.165, 1.54) is 0 Å². The maximum absolute atomic E-state index is 11.8. The van der Waals surface area contributed by atoms with Crippen LogP contribution >= 0.6 is 0 Å². The largest absolute Gasteiger partial charge is 0.453 e. The van der Waals surface area contributed by atoms with Gasteiger partial charge >= 0.3 is 0 Å². The second kappa shape index (κ2) is 9.52. The number of carbonyl (C=O) groups is 1. The van der Waals surface area contributed by atoms with Gasteiger partial charge in [-0.1, -0.05) is 0 Å². The number of nitrogens with zero attached hydrogens (tertiary/aromatic N) is 1. The number of hydrogen-bond acceptors (Lipinski definition) is 5. The highest BCUT2D eigenvalue weighted by molar-refractivity contribution is 5.91. The number of nitrogens with one attached hydrogen (secondary N) is 1. The first-order valence-electron chi connectivity index (χ1n) is 6.70. The fourth-order valence-corrected chi connectivity index (χ4v) is 1.72. The van der Waals surface area contributed by atoms with Crippen molar-refractivity contribution in [2.45, 2.75) is 13.0 Å². The van der Waals surface area contributed by atoms with Crippen LogP contribution in [0.2, 0.25) is 0 Å². The Morgan fingerprint density at radius 3 is 2.80 bits per heavy atom. The van der Waals surface area contributed by atoms with Gasteiger partial charge in [-0.2, -0.15) is 0 Å². The molecule has 6 nitrogen and oxygen atoms in total. The number of hydrogen-bond donors (Lipinski definition) is 1. The van der Waals surface area contributed by atoms with Crippen molar-refractivity contribution in [3.05, 3.63) is 23.7 Å². The van der Waals surface area contributed by atoms with Gasteiger partial charge in [0.15, 0.2) is 5.76 Å². The minimum absolute atomic E-state index is 0.188. The molecule has 6 heteroatoms. The molecule has 0 unspecified atom stereocenters. The standard InChI is InChI=1S/C14H24N2O4/c1-16(9-10-18-2)8-4-7-15-14(17)13-6-5-12(20-13)11-19-3/h5-6H,4,7-11H2,1-3H3,(H,15,17). The number of furan rings is 1. The highest BCUT2D eigenvalue weighted by Crippen LogP contribution is 2.08. The van der Waals surface area contributed by atoms with E-state index in [9.17, 15) is 4.79 Å². The molecule has 1 rings (SSSR count). The Kier molecular flexibility index (Phi) is 7.94. The van der Waals surface area contributed by atoms with E-state index in [0.717, 1.165) is 26.1 Å². The summed E-state index contributed by atoms with van der Waals surface area (Å²) in [7, 11) is 5.31. The first-order valence-corrected chi connectivity index (χ1v) is 6.70. The SMILES string of the molecule is COCCN(C)CCCNC(=O)c1ccc(COC)o1. The summed E-state index contributed by atoms with van der Waals surface area (Å²) < 4.78 is 15.3. The Labute approximate surface area is 120 Å². The van der Waals surface area contributed by atoms with Gasteiger partial charge in [-0.05, 0) is 32.1 Å². The lowest BCUT2D eigenvalue weighted by atomic mass is 10.3. The second-order valence-corrected chi connectivity index (χ2v) is 4.60. The molecule has 1 N–H and O–H groups in total. The van der Waals surface area contributed by atoms with E-state index in [2.05, 4.69) is 10.2 Å². The molecule has 0 aliphatic rings. The molecule has 1 aromatic heterocycles. The molecule has 20 heavy (non-hydrogen) atoms. The predicted molar refractivity (Wildman–Crippen MR) is 75.7 cm³/mol. The van der Waals surface area contributed by atoms with Gasteiger partial charge in [0.25, 0.3) is 5.91 Å². The van der Waals surface area contributed by atoms with Crippen LogP contribution in [0.4, 0.5) is 0 Å². The average Bonchev–Trinajstić information content (AvgIpc) is 2.90. The van der Waals surface area contributed by atoms with Crippen molar-refractivity contribution in [2.75, 3.05) is 47.5 Å². The Morgan fingerprint density at radius 1 is 1.30 bits per heavy atom. The molecule has 0 radical (unpaired) electrons. The maximum Gasteiger partial charge on any atom is 0.286 e. The van der Waals surface area contributed by atoms with Crippen molar-refractivity contribution in [1.29, 1.82) is 0 Å². The molecule has 0 aromatic carbocycles. The molecule has 0 aliphatic carbocycles. The fraction of sp³-hybridized carbons (Fsp3) is 0.643. The van der Waals surface area contributed by atoms with E-state index in [-0.39, 0.29) is 5.91 Å².